The Kier molecular flexibility index (Phi) is 3.16. The number of rotatable bonds is 3. The van der Waals surface area contributed by atoms with Gasteiger partial charge < -0.3 is 5.11 Å². The van der Waals surface area contributed by atoms with Crippen LogP contribution in [0.15, 0.2) is 24.3 Å². The highest BCUT2D eigenvalue weighted by Crippen LogP contribution is 2.20. The summed E-state index contributed by atoms with van der Waals surface area (Å²) in [6.45, 7) is 3.27. The minimum atomic E-state index is -3.13. The van der Waals surface area contributed by atoms with Crippen LogP contribution in [0.4, 0.5) is 0 Å². The van der Waals surface area contributed by atoms with Gasteiger partial charge in [0.25, 0.3) is 0 Å². The topological polar surface area (TPSA) is 54.4 Å². The number of hydrogen-bond donors (Lipinski definition) is 1. The quantitative estimate of drug-likeness (QED) is 0.833. The van der Waals surface area contributed by atoms with Crippen molar-refractivity contribution in [3.8, 4) is 5.75 Å². The second-order valence-corrected chi connectivity index (χ2v) is 6.04. The fourth-order valence-electron chi connectivity index (χ4n) is 1.02. The van der Waals surface area contributed by atoms with Gasteiger partial charge in [0.05, 0.1) is 11.0 Å². The van der Waals surface area contributed by atoms with Gasteiger partial charge in [-0.2, -0.15) is 0 Å². The number of hydrogen-bond acceptors (Lipinski definition) is 3. The number of aromatic hydroxyl groups is 1. The molecule has 1 aromatic rings. The Labute approximate surface area is 84.3 Å². The minimum Gasteiger partial charge on any atom is -0.508 e. The highest BCUT2D eigenvalue weighted by atomic mass is 32.2. The Morgan fingerprint density at radius 2 is 1.86 bits per heavy atom. The Morgan fingerprint density at radius 1 is 1.29 bits per heavy atom. The van der Waals surface area contributed by atoms with E-state index in [-0.39, 0.29) is 11.5 Å². The lowest BCUT2D eigenvalue weighted by molar-refractivity contribution is 0.469. The molecule has 0 unspecified atom stereocenters. The van der Waals surface area contributed by atoms with E-state index in [0.29, 0.717) is 5.56 Å². The lowest BCUT2D eigenvalue weighted by atomic mass is 10.2. The number of benzene rings is 1. The molecular formula is C10H14O3S. The summed E-state index contributed by atoms with van der Waals surface area (Å²) in [5.41, 5.74) is 0.459. The second kappa shape index (κ2) is 4.00. The van der Waals surface area contributed by atoms with E-state index in [1.54, 1.807) is 32.0 Å². The van der Waals surface area contributed by atoms with Gasteiger partial charge in [0.2, 0.25) is 0 Å². The van der Waals surface area contributed by atoms with Gasteiger partial charge in [0, 0.05) is 5.56 Å². The maximum absolute atomic E-state index is 11.5. The fraction of sp³-hybridized carbons (Fsp3) is 0.400. The molecule has 78 valence electrons. The zero-order valence-electron chi connectivity index (χ0n) is 8.27. The Hall–Kier alpha value is -1.03. The molecule has 0 saturated carbocycles. The van der Waals surface area contributed by atoms with Crippen LogP contribution in [0.3, 0.4) is 0 Å². The maximum Gasteiger partial charge on any atom is 0.156 e. The lowest BCUT2D eigenvalue weighted by Crippen LogP contribution is -2.16. The van der Waals surface area contributed by atoms with Gasteiger partial charge in [0.1, 0.15) is 5.75 Å². The first-order chi connectivity index (χ1) is 6.43. The largest absolute Gasteiger partial charge is 0.508 e. The molecule has 0 heterocycles. The van der Waals surface area contributed by atoms with E-state index in [0.717, 1.165) is 0 Å². The van der Waals surface area contributed by atoms with Crippen LogP contribution in [0.5, 0.6) is 5.75 Å². The zero-order valence-corrected chi connectivity index (χ0v) is 9.08. The molecule has 0 amide bonds. The van der Waals surface area contributed by atoms with E-state index in [4.69, 9.17) is 0 Å². The first-order valence-electron chi connectivity index (χ1n) is 4.42. The number of para-hydroxylation sites is 1. The van der Waals surface area contributed by atoms with Crippen LogP contribution in [0.2, 0.25) is 0 Å². The third kappa shape index (κ3) is 2.48. The van der Waals surface area contributed by atoms with E-state index in [9.17, 15) is 13.5 Å². The highest BCUT2D eigenvalue weighted by Gasteiger charge is 2.18. The molecule has 0 bridgehead atoms. The molecule has 0 saturated heterocycles. The van der Waals surface area contributed by atoms with Gasteiger partial charge in [-0.25, -0.2) is 8.42 Å². The predicted molar refractivity (Wildman–Crippen MR) is 55.9 cm³/mol. The molecule has 14 heavy (non-hydrogen) atoms. The molecule has 0 aliphatic carbocycles. The van der Waals surface area contributed by atoms with Crippen LogP contribution in [0.25, 0.3) is 0 Å². The summed E-state index contributed by atoms with van der Waals surface area (Å²) in [4.78, 5) is 0. The Morgan fingerprint density at radius 3 is 2.36 bits per heavy atom. The van der Waals surface area contributed by atoms with Crippen molar-refractivity contribution in [1.29, 1.82) is 0 Å². The third-order valence-electron chi connectivity index (χ3n) is 2.07. The first-order valence-corrected chi connectivity index (χ1v) is 6.13. The summed E-state index contributed by atoms with van der Waals surface area (Å²) in [6.07, 6.45) is 0. The van der Waals surface area contributed by atoms with Crippen molar-refractivity contribution in [3.63, 3.8) is 0 Å². The molecule has 0 aromatic heterocycles. The molecule has 0 aliphatic rings. The molecule has 0 radical (unpaired) electrons. The van der Waals surface area contributed by atoms with Gasteiger partial charge in [-0.3, -0.25) is 0 Å². The molecule has 0 aliphatic heterocycles. The van der Waals surface area contributed by atoms with Crippen LogP contribution in [-0.4, -0.2) is 18.8 Å². The number of phenolic OH excluding ortho intramolecular Hbond substituents is 1. The van der Waals surface area contributed by atoms with Crippen LogP contribution in [0, 0.1) is 0 Å². The average Bonchev–Trinajstić information content (AvgIpc) is 2.08. The van der Waals surface area contributed by atoms with Gasteiger partial charge in [-0.1, -0.05) is 18.2 Å². The van der Waals surface area contributed by atoms with Crippen molar-refractivity contribution in [3.05, 3.63) is 29.8 Å². The predicted octanol–water partition coefficient (Wildman–Crippen LogP) is 1.72. The number of phenols is 1. The van der Waals surface area contributed by atoms with Crippen molar-refractivity contribution in [2.24, 2.45) is 0 Å². The summed E-state index contributed by atoms with van der Waals surface area (Å²) < 4.78 is 23.1. The van der Waals surface area contributed by atoms with Crippen molar-refractivity contribution < 1.29 is 13.5 Å². The molecule has 0 spiro atoms. The fourth-order valence-corrected chi connectivity index (χ4v) is 2.03. The molecule has 4 heteroatoms. The van der Waals surface area contributed by atoms with Crippen molar-refractivity contribution in [1.82, 2.24) is 0 Å². The molecule has 1 rings (SSSR count). The molecule has 3 nitrogen and oxygen atoms in total. The normalized spacial score (nSPS) is 11.9. The summed E-state index contributed by atoms with van der Waals surface area (Å²) >= 11 is 0. The Balaban J connectivity index is 2.96. The van der Waals surface area contributed by atoms with Crippen LogP contribution in [-0.2, 0) is 15.6 Å². The second-order valence-electron chi connectivity index (χ2n) is 3.48. The van der Waals surface area contributed by atoms with Crippen LogP contribution < -0.4 is 0 Å². The third-order valence-corrected chi connectivity index (χ3v) is 4.22. The summed E-state index contributed by atoms with van der Waals surface area (Å²) in [5.74, 6) is -0.0612. The smallest absolute Gasteiger partial charge is 0.156 e. The van der Waals surface area contributed by atoms with Gasteiger partial charge >= 0.3 is 0 Å². The van der Waals surface area contributed by atoms with E-state index in [1.807, 2.05) is 0 Å². The SMILES string of the molecule is CC(C)S(=O)(=O)Cc1ccccc1O. The van der Waals surface area contributed by atoms with E-state index in [2.05, 4.69) is 0 Å². The summed E-state index contributed by atoms with van der Waals surface area (Å²) in [5, 5.41) is 8.98. The van der Waals surface area contributed by atoms with Gasteiger partial charge in [-0.05, 0) is 19.9 Å². The van der Waals surface area contributed by atoms with Crippen LogP contribution >= 0.6 is 0 Å². The standard InChI is InChI=1S/C10H14O3S/c1-8(2)14(12,13)7-9-5-3-4-6-10(9)11/h3-6,8,11H,7H2,1-2H3. The molecule has 0 atom stereocenters. The number of sulfone groups is 1. The highest BCUT2D eigenvalue weighted by molar-refractivity contribution is 7.91. The minimum absolute atomic E-state index is 0.0386. The van der Waals surface area contributed by atoms with E-state index >= 15 is 0 Å². The van der Waals surface area contributed by atoms with Crippen molar-refractivity contribution in [2.75, 3.05) is 0 Å². The van der Waals surface area contributed by atoms with Gasteiger partial charge in [0.15, 0.2) is 9.84 Å². The molecule has 1 N–H and O–H groups in total. The maximum atomic E-state index is 11.5. The molecule has 0 fully saturated rings. The van der Waals surface area contributed by atoms with E-state index in [1.165, 1.54) is 6.07 Å². The summed E-state index contributed by atoms with van der Waals surface area (Å²) in [7, 11) is -3.13. The molecular weight excluding hydrogens is 200 g/mol. The average molecular weight is 214 g/mol. The monoisotopic (exact) mass is 214 g/mol. The Bertz CT molecular complexity index is 407. The zero-order chi connectivity index (χ0) is 10.8. The van der Waals surface area contributed by atoms with Crippen molar-refractivity contribution in [2.45, 2.75) is 24.9 Å². The summed E-state index contributed by atoms with van der Waals surface area (Å²) in [6, 6.07) is 6.49. The van der Waals surface area contributed by atoms with E-state index < -0.39 is 15.1 Å². The van der Waals surface area contributed by atoms with Crippen LogP contribution in [0.1, 0.15) is 19.4 Å². The lowest BCUT2D eigenvalue weighted by Gasteiger charge is -2.08. The first kappa shape index (κ1) is 11.0. The molecule has 1 aromatic carbocycles. The van der Waals surface area contributed by atoms with Gasteiger partial charge in [-0.15, -0.1) is 0 Å². The van der Waals surface area contributed by atoms with Crippen molar-refractivity contribution >= 4 is 9.84 Å².